The lowest BCUT2D eigenvalue weighted by molar-refractivity contribution is -0.175. The third-order valence-electron chi connectivity index (χ3n) is 5.47. The fourth-order valence-corrected chi connectivity index (χ4v) is 4.03. The second-order valence-corrected chi connectivity index (χ2v) is 8.63. The van der Waals surface area contributed by atoms with E-state index in [-0.39, 0.29) is 18.7 Å². The van der Waals surface area contributed by atoms with E-state index in [0.717, 1.165) is 10.9 Å². The first-order chi connectivity index (χ1) is 14.2. The minimum Gasteiger partial charge on any atom is -0.366 e. The average molecular weight is 426 g/mol. The SMILES string of the molecule is CC(C)CCC(O)(O)CC1c2ccccc2C(=O)N1c1ccc2ccc(Cl)nc2n1. The van der Waals surface area contributed by atoms with Gasteiger partial charge in [-0.2, -0.15) is 0 Å². The van der Waals surface area contributed by atoms with Crippen molar-refractivity contribution in [1.29, 1.82) is 0 Å². The summed E-state index contributed by atoms with van der Waals surface area (Å²) in [6, 6.07) is 13.8. The van der Waals surface area contributed by atoms with E-state index < -0.39 is 11.8 Å². The van der Waals surface area contributed by atoms with Gasteiger partial charge in [0, 0.05) is 23.8 Å². The Kier molecular flexibility index (Phi) is 5.49. The van der Waals surface area contributed by atoms with Crippen LogP contribution in [0.3, 0.4) is 0 Å². The van der Waals surface area contributed by atoms with Crippen LogP contribution in [-0.4, -0.2) is 31.9 Å². The summed E-state index contributed by atoms with van der Waals surface area (Å²) in [7, 11) is 0. The number of halogens is 1. The van der Waals surface area contributed by atoms with Crippen LogP contribution in [-0.2, 0) is 0 Å². The van der Waals surface area contributed by atoms with Crippen LogP contribution >= 0.6 is 11.6 Å². The zero-order valence-electron chi connectivity index (χ0n) is 16.9. The zero-order chi connectivity index (χ0) is 21.5. The topological polar surface area (TPSA) is 86.5 Å². The summed E-state index contributed by atoms with van der Waals surface area (Å²) >= 11 is 6.01. The molecule has 4 rings (SSSR count). The van der Waals surface area contributed by atoms with Crippen LogP contribution in [0.1, 0.15) is 55.1 Å². The van der Waals surface area contributed by atoms with E-state index in [1.54, 1.807) is 24.3 Å². The molecular weight excluding hydrogens is 402 g/mol. The molecule has 1 atom stereocenters. The van der Waals surface area contributed by atoms with Gasteiger partial charge in [-0.15, -0.1) is 0 Å². The number of aliphatic hydroxyl groups is 2. The second kappa shape index (κ2) is 7.95. The van der Waals surface area contributed by atoms with Gasteiger partial charge in [0.15, 0.2) is 11.4 Å². The molecule has 0 saturated carbocycles. The molecule has 30 heavy (non-hydrogen) atoms. The molecule has 0 bridgehead atoms. The number of aromatic nitrogens is 2. The van der Waals surface area contributed by atoms with Crippen LogP contribution in [0.4, 0.5) is 5.82 Å². The van der Waals surface area contributed by atoms with Crippen molar-refractivity contribution in [1.82, 2.24) is 9.97 Å². The molecule has 0 fully saturated rings. The van der Waals surface area contributed by atoms with Crippen molar-refractivity contribution in [2.75, 3.05) is 4.90 Å². The number of hydrogen-bond donors (Lipinski definition) is 2. The number of nitrogens with zero attached hydrogens (tertiary/aromatic N) is 3. The second-order valence-electron chi connectivity index (χ2n) is 8.25. The van der Waals surface area contributed by atoms with Gasteiger partial charge in [0.25, 0.3) is 5.91 Å². The molecule has 6 nitrogen and oxygen atoms in total. The number of pyridine rings is 2. The molecule has 7 heteroatoms. The summed E-state index contributed by atoms with van der Waals surface area (Å²) in [6.07, 6.45) is 0.894. The number of amides is 1. The lowest BCUT2D eigenvalue weighted by Crippen LogP contribution is -2.37. The van der Waals surface area contributed by atoms with E-state index >= 15 is 0 Å². The monoisotopic (exact) mass is 425 g/mol. The van der Waals surface area contributed by atoms with Crippen molar-refractivity contribution < 1.29 is 15.0 Å². The first kappa shape index (κ1) is 20.7. The largest absolute Gasteiger partial charge is 0.366 e. The Bertz CT molecular complexity index is 1100. The first-order valence-corrected chi connectivity index (χ1v) is 10.4. The fourth-order valence-electron chi connectivity index (χ4n) is 3.89. The van der Waals surface area contributed by atoms with Crippen molar-refractivity contribution in [3.63, 3.8) is 0 Å². The van der Waals surface area contributed by atoms with Crippen LogP contribution in [0.25, 0.3) is 11.0 Å². The molecule has 1 aromatic carbocycles. The molecule has 0 spiro atoms. The average Bonchev–Trinajstić information content (AvgIpc) is 2.97. The fraction of sp³-hybridized carbons (Fsp3) is 0.348. The molecule has 156 valence electrons. The van der Waals surface area contributed by atoms with E-state index in [1.165, 1.54) is 4.90 Å². The summed E-state index contributed by atoms with van der Waals surface area (Å²) in [6.45, 7) is 4.07. The van der Waals surface area contributed by atoms with Gasteiger partial charge in [0.2, 0.25) is 0 Å². The maximum absolute atomic E-state index is 13.2. The summed E-state index contributed by atoms with van der Waals surface area (Å²) in [5, 5.41) is 22.5. The molecule has 2 aromatic heterocycles. The van der Waals surface area contributed by atoms with Gasteiger partial charge in [0.05, 0.1) is 6.04 Å². The zero-order valence-corrected chi connectivity index (χ0v) is 17.7. The predicted molar refractivity (Wildman–Crippen MR) is 116 cm³/mol. The maximum Gasteiger partial charge on any atom is 0.260 e. The van der Waals surface area contributed by atoms with Gasteiger partial charge >= 0.3 is 0 Å². The Morgan fingerprint density at radius 2 is 1.83 bits per heavy atom. The van der Waals surface area contributed by atoms with E-state index in [1.807, 2.05) is 38.1 Å². The number of hydrogen-bond acceptors (Lipinski definition) is 5. The van der Waals surface area contributed by atoms with Gasteiger partial charge in [-0.3, -0.25) is 9.69 Å². The molecule has 1 unspecified atom stereocenters. The molecule has 0 radical (unpaired) electrons. The molecule has 1 amide bonds. The molecule has 0 saturated heterocycles. The number of carbonyl (C=O) groups excluding carboxylic acids is 1. The highest BCUT2D eigenvalue weighted by molar-refractivity contribution is 6.29. The molecule has 3 heterocycles. The van der Waals surface area contributed by atoms with Crippen LogP contribution in [0.2, 0.25) is 5.15 Å². The Labute approximate surface area is 180 Å². The predicted octanol–water partition coefficient (Wildman–Crippen LogP) is 4.49. The van der Waals surface area contributed by atoms with Crippen molar-refractivity contribution in [2.45, 2.75) is 44.9 Å². The molecule has 3 aromatic rings. The van der Waals surface area contributed by atoms with Crippen LogP contribution in [0, 0.1) is 5.92 Å². The molecule has 0 aliphatic carbocycles. The van der Waals surface area contributed by atoms with Crippen molar-refractivity contribution in [3.8, 4) is 0 Å². The summed E-state index contributed by atoms with van der Waals surface area (Å²) in [5.41, 5.74) is 1.74. The third kappa shape index (κ3) is 4.03. The van der Waals surface area contributed by atoms with Crippen molar-refractivity contribution >= 4 is 34.4 Å². The van der Waals surface area contributed by atoms with Crippen LogP contribution in [0.15, 0.2) is 48.5 Å². The van der Waals surface area contributed by atoms with E-state index in [0.29, 0.717) is 34.5 Å². The number of anilines is 1. The van der Waals surface area contributed by atoms with Gasteiger partial charge in [-0.1, -0.05) is 43.6 Å². The highest BCUT2D eigenvalue weighted by atomic mass is 35.5. The minimum absolute atomic E-state index is 0.00876. The molecule has 1 aliphatic rings. The highest BCUT2D eigenvalue weighted by Crippen LogP contribution is 2.41. The number of carbonyl (C=O) groups is 1. The first-order valence-electron chi connectivity index (χ1n) is 10.1. The van der Waals surface area contributed by atoms with Crippen molar-refractivity contribution in [2.24, 2.45) is 5.92 Å². The number of fused-ring (bicyclic) bond motifs is 2. The quantitative estimate of drug-likeness (QED) is 0.448. The summed E-state index contributed by atoms with van der Waals surface area (Å²) in [5.74, 6) is -1.37. The Morgan fingerprint density at radius 1 is 1.10 bits per heavy atom. The summed E-state index contributed by atoms with van der Waals surface area (Å²) < 4.78 is 0. The maximum atomic E-state index is 13.2. The van der Waals surface area contributed by atoms with Crippen LogP contribution < -0.4 is 4.90 Å². The molecule has 2 N–H and O–H groups in total. The number of benzene rings is 1. The minimum atomic E-state index is -1.90. The van der Waals surface area contributed by atoms with Gasteiger partial charge in [-0.05, 0) is 48.2 Å². The van der Waals surface area contributed by atoms with Gasteiger partial charge < -0.3 is 10.2 Å². The standard InChI is InChI=1S/C23H24ClN3O3/c1-14(2)11-12-23(29,30)13-18-16-5-3-4-6-17(16)22(28)27(18)20-10-8-15-7-9-19(24)25-21(15)26-20/h3-10,14,18,29-30H,11-13H2,1-2H3. The smallest absolute Gasteiger partial charge is 0.260 e. The van der Waals surface area contributed by atoms with Gasteiger partial charge in [0.1, 0.15) is 11.0 Å². The Hall–Kier alpha value is -2.54. The van der Waals surface area contributed by atoms with E-state index in [4.69, 9.17) is 11.6 Å². The molecular formula is C23H24ClN3O3. The third-order valence-corrected chi connectivity index (χ3v) is 5.68. The van der Waals surface area contributed by atoms with Gasteiger partial charge in [-0.25, -0.2) is 9.97 Å². The lowest BCUT2D eigenvalue weighted by atomic mass is 9.93. The van der Waals surface area contributed by atoms with Crippen molar-refractivity contribution in [3.05, 3.63) is 64.8 Å². The van der Waals surface area contributed by atoms with E-state index in [9.17, 15) is 15.0 Å². The molecule has 1 aliphatic heterocycles. The highest BCUT2D eigenvalue weighted by Gasteiger charge is 2.42. The Balaban J connectivity index is 1.74. The Morgan fingerprint density at radius 3 is 2.60 bits per heavy atom. The summed E-state index contributed by atoms with van der Waals surface area (Å²) in [4.78, 5) is 23.6. The number of rotatable bonds is 6. The lowest BCUT2D eigenvalue weighted by Gasteiger charge is -2.31. The van der Waals surface area contributed by atoms with E-state index in [2.05, 4.69) is 9.97 Å². The normalized spacial score (nSPS) is 16.5. The van der Waals surface area contributed by atoms with Crippen LogP contribution in [0.5, 0.6) is 0 Å².